The van der Waals surface area contributed by atoms with Crippen molar-refractivity contribution in [1.29, 1.82) is 0 Å². The summed E-state index contributed by atoms with van der Waals surface area (Å²) in [5.41, 5.74) is 0. The van der Waals surface area contributed by atoms with Crippen molar-refractivity contribution < 1.29 is 120 Å². The minimum Gasteiger partial charge on any atom is -0.689 e. The first kappa shape index (κ1) is 20.9. The fourth-order valence-corrected chi connectivity index (χ4v) is 0.0907. The molecule has 0 aliphatic carbocycles. The molecule has 0 aromatic rings. The van der Waals surface area contributed by atoms with Gasteiger partial charge in [0.25, 0.3) is 0 Å². The Morgan fingerprint density at radius 3 is 0.857 bits per heavy atom. The first-order chi connectivity index (χ1) is 5.91. The average molecular weight is 238 g/mol. The molecule has 0 saturated carbocycles. The van der Waals surface area contributed by atoms with E-state index < -0.39 is 0 Å². The summed E-state index contributed by atoms with van der Waals surface area (Å²) in [6, 6.07) is 0. The van der Waals surface area contributed by atoms with Crippen molar-refractivity contribution in [2.75, 3.05) is 0 Å². The molecule has 14 heteroatoms. The van der Waals surface area contributed by atoms with Crippen molar-refractivity contribution in [2.45, 2.75) is 0 Å². The maximum absolute atomic E-state index is 8.95. The van der Waals surface area contributed by atoms with Crippen LogP contribution in [0.15, 0.2) is 0 Å². The van der Waals surface area contributed by atoms with Gasteiger partial charge in [-0.25, -0.2) is 0 Å². The zero-order chi connectivity index (χ0) is 9.07. The molecule has 0 atom stereocenters. The van der Waals surface area contributed by atoms with E-state index >= 15 is 0 Å². The first-order valence-electron chi connectivity index (χ1n) is 1.83. The summed E-state index contributed by atoms with van der Waals surface area (Å²) < 4.78 is 0. The van der Waals surface area contributed by atoms with Gasteiger partial charge in [0.1, 0.15) is 0 Å². The summed E-state index contributed by atoms with van der Waals surface area (Å²) in [5.74, 6) is 0. The van der Waals surface area contributed by atoms with Gasteiger partial charge in [-0.1, -0.05) is 0 Å². The van der Waals surface area contributed by atoms with Crippen LogP contribution in [0.5, 0.6) is 0 Å². The molecule has 14 heavy (non-hydrogen) atoms. The third-order valence-corrected chi connectivity index (χ3v) is 0.250. The van der Waals surface area contributed by atoms with Crippen LogP contribution in [0.2, 0.25) is 0 Å². The predicted octanol–water partition coefficient (Wildman–Crippen LogP) is -9.05. The Balaban J connectivity index is -0.000000605. The monoisotopic (exact) mass is 238 g/mol. The SMILES string of the molecule is [Na+].[Na+].[O-]OOOOOOOOOO[O-]. The smallest absolute Gasteiger partial charge is 0.689 e. The molecule has 0 aromatic heterocycles. The molecular formula is Na2O12. The molecule has 0 aliphatic rings. The van der Waals surface area contributed by atoms with Crippen molar-refractivity contribution in [2.24, 2.45) is 0 Å². The van der Waals surface area contributed by atoms with Crippen LogP contribution >= 0.6 is 0 Å². The summed E-state index contributed by atoms with van der Waals surface area (Å²) in [4.78, 5) is 0. The fourth-order valence-electron chi connectivity index (χ4n) is 0.0907. The van der Waals surface area contributed by atoms with Gasteiger partial charge in [-0.2, -0.15) is 0 Å². The van der Waals surface area contributed by atoms with Gasteiger partial charge in [-0.05, 0) is 40.3 Å². The second-order valence-electron chi connectivity index (χ2n) is 0.680. The largest absolute Gasteiger partial charge is 1.00 e. The Bertz CT molecular complexity index is 64.7. The second-order valence-corrected chi connectivity index (χ2v) is 0.680. The summed E-state index contributed by atoms with van der Waals surface area (Å²) in [5, 5.41) is 49.0. The third-order valence-electron chi connectivity index (χ3n) is 0.250. The van der Waals surface area contributed by atoms with Gasteiger partial charge in [-0.15, -0.1) is 0 Å². The van der Waals surface area contributed by atoms with Crippen LogP contribution in [0.4, 0.5) is 0 Å². The van der Waals surface area contributed by atoms with Gasteiger partial charge < -0.3 is 10.5 Å². The molecule has 0 N–H and O–H groups in total. The van der Waals surface area contributed by atoms with Gasteiger partial charge in [0.2, 0.25) is 0 Å². The van der Waals surface area contributed by atoms with Gasteiger partial charge in [0.05, 0.1) is 0 Å². The van der Waals surface area contributed by atoms with Crippen LogP contribution < -0.4 is 69.6 Å². The van der Waals surface area contributed by atoms with Crippen LogP contribution in [-0.4, -0.2) is 0 Å². The number of hydrogen-bond donors (Lipinski definition) is 0. The molecule has 0 fully saturated rings. The Morgan fingerprint density at radius 1 is 0.429 bits per heavy atom. The number of rotatable bonds is 9. The maximum Gasteiger partial charge on any atom is 1.00 e. The van der Waals surface area contributed by atoms with Crippen molar-refractivity contribution in [3.63, 3.8) is 0 Å². The molecule has 12 nitrogen and oxygen atoms in total. The molecule has 0 heterocycles. The van der Waals surface area contributed by atoms with Crippen LogP contribution in [0.25, 0.3) is 0 Å². The Morgan fingerprint density at radius 2 is 0.643 bits per heavy atom. The summed E-state index contributed by atoms with van der Waals surface area (Å²) in [6.07, 6.45) is 0. The van der Waals surface area contributed by atoms with E-state index in [0.29, 0.717) is 0 Å². The quantitative estimate of drug-likeness (QED) is 0.163. The molecule has 0 aromatic carbocycles. The summed E-state index contributed by atoms with van der Waals surface area (Å²) >= 11 is 0. The molecule has 0 spiro atoms. The van der Waals surface area contributed by atoms with E-state index in [9.17, 15) is 0 Å². The Labute approximate surface area is 119 Å². The van der Waals surface area contributed by atoms with Crippen molar-refractivity contribution in [1.82, 2.24) is 0 Å². The summed E-state index contributed by atoms with van der Waals surface area (Å²) in [6.45, 7) is 0. The minimum absolute atomic E-state index is 0. The Hall–Kier alpha value is 1.52. The predicted molar refractivity (Wildman–Crippen MR) is 10.9 cm³/mol. The van der Waals surface area contributed by atoms with Crippen LogP contribution in [0.3, 0.4) is 0 Å². The van der Waals surface area contributed by atoms with E-state index in [4.69, 9.17) is 10.5 Å². The van der Waals surface area contributed by atoms with Crippen molar-refractivity contribution in [3.8, 4) is 0 Å². The van der Waals surface area contributed by atoms with E-state index in [0.717, 1.165) is 0 Å². The van der Waals surface area contributed by atoms with Gasteiger partial charge in [0, 0.05) is 0 Å². The topological polar surface area (TPSA) is 138 Å². The first-order valence-corrected chi connectivity index (χ1v) is 1.83. The normalized spacial score (nSPS) is 9.00. The molecule has 0 saturated heterocycles. The minimum atomic E-state index is 0. The van der Waals surface area contributed by atoms with Gasteiger partial charge in [0.15, 0.2) is 0 Å². The number of hydrogen-bond acceptors (Lipinski definition) is 12. The van der Waals surface area contributed by atoms with Gasteiger partial charge >= 0.3 is 59.1 Å². The molecule has 74 valence electrons. The molecule has 0 unspecified atom stereocenters. The second kappa shape index (κ2) is 20.0. The molecule has 0 bridgehead atoms. The van der Waals surface area contributed by atoms with Crippen molar-refractivity contribution >= 4 is 0 Å². The molecule has 0 rings (SSSR count). The van der Waals surface area contributed by atoms with E-state index in [1.165, 1.54) is 0 Å². The zero-order valence-corrected chi connectivity index (χ0v) is 10.9. The van der Waals surface area contributed by atoms with E-state index in [-0.39, 0.29) is 59.1 Å². The maximum atomic E-state index is 8.95. The molecule has 0 radical (unpaired) electrons. The third kappa shape index (κ3) is 19.1. The standard InChI is InChI=1S/2Na.H2O12/c;;1-3-5-7-9-11-12-10-8-6-4-2/h;;1-2H/q2*+1;/p-2. The fraction of sp³-hybridized carbons (Fsp3) is 0. The molecule has 0 aliphatic heterocycles. The molecular weight excluding hydrogens is 238 g/mol. The Kier molecular flexibility index (Phi) is 29.8. The summed E-state index contributed by atoms with van der Waals surface area (Å²) in [7, 11) is 0. The average Bonchev–Trinajstić information content (AvgIpc) is 2.10. The van der Waals surface area contributed by atoms with E-state index in [2.05, 4.69) is 50.4 Å². The van der Waals surface area contributed by atoms with E-state index in [1.807, 2.05) is 0 Å². The van der Waals surface area contributed by atoms with Crippen LogP contribution in [0, 0.1) is 0 Å². The van der Waals surface area contributed by atoms with E-state index in [1.54, 1.807) is 0 Å². The van der Waals surface area contributed by atoms with Crippen LogP contribution in [0.1, 0.15) is 0 Å². The van der Waals surface area contributed by atoms with Crippen molar-refractivity contribution in [3.05, 3.63) is 0 Å². The zero-order valence-electron chi connectivity index (χ0n) is 6.90. The van der Waals surface area contributed by atoms with Gasteiger partial charge in [-0.3, -0.25) is 10.1 Å². The molecule has 0 amide bonds. The van der Waals surface area contributed by atoms with Crippen LogP contribution in [-0.2, 0) is 50.4 Å².